The lowest BCUT2D eigenvalue weighted by Crippen LogP contribution is -2.25. The predicted molar refractivity (Wildman–Crippen MR) is 74.4 cm³/mol. The number of carboxylic acid groups (broad SMARTS) is 1. The van der Waals surface area contributed by atoms with Crippen molar-refractivity contribution in [2.24, 2.45) is 0 Å². The van der Waals surface area contributed by atoms with Gasteiger partial charge in [-0.15, -0.1) is 0 Å². The first kappa shape index (κ1) is 15.5. The minimum atomic E-state index is -0.965. The minimum Gasteiger partial charge on any atom is -0.485 e. The molecule has 2 N–H and O–H groups in total. The third-order valence-electron chi connectivity index (χ3n) is 2.66. The molecule has 0 saturated carbocycles. The van der Waals surface area contributed by atoms with Gasteiger partial charge in [-0.25, -0.2) is 0 Å². The molecule has 0 fully saturated rings. The van der Waals surface area contributed by atoms with E-state index in [2.05, 4.69) is 15.5 Å². The van der Waals surface area contributed by atoms with Gasteiger partial charge in [0, 0.05) is 19.0 Å². The topological polar surface area (TPSA) is 115 Å². The van der Waals surface area contributed by atoms with Gasteiger partial charge in [0.25, 0.3) is 5.91 Å². The molecule has 116 valence electrons. The van der Waals surface area contributed by atoms with E-state index in [1.165, 1.54) is 0 Å². The van der Waals surface area contributed by atoms with Crippen molar-refractivity contribution in [2.75, 3.05) is 6.54 Å². The molecule has 1 aromatic heterocycles. The lowest BCUT2D eigenvalue weighted by atomic mass is 10.2. The van der Waals surface area contributed by atoms with Crippen molar-refractivity contribution in [3.8, 4) is 5.75 Å². The summed E-state index contributed by atoms with van der Waals surface area (Å²) in [5.74, 6) is 0.0159. The number of aryl methyl sites for hydroxylation is 1. The van der Waals surface area contributed by atoms with Gasteiger partial charge in [0.2, 0.25) is 11.7 Å². The molecule has 0 aliphatic rings. The molecule has 0 aliphatic carbocycles. The van der Waals surface area contributed by atoms with Crippen LogP contribution in [-0.2, 0) is 11.4 Å². The summed E-state index contributed by atoms with van der Waals surface area (Å²) in [5, 5.41) is 14.7. The van der Waals surface area contributed by atoms with E-state index in [1.807, 2.05) is 0 Å². The maximum Gasteiger partial charge on any atom is 0.305 e. The molecule has 0 aliphatic heterocycles. The van der Waals surface area contributed by atoms with Crippen LogP contribution in [0.15, 0.2) is 28.8 Å². The standard InChI is InChI=1S/C14H15N3O5/c1-9-16-12(17-22-9)8-21-11-4-2-3-10(7-11)14(20)15-6-5-13(18)19/h2-4,7H,5-6,8H2,1H3,(H,15,20)(H,18,19). The molecule has 8 nitrogen and oxygen atoms in total. The monoisotopic (exact) mass is 305 g/mol. The summed E-state index contributed by atoms with van der Waals surface area (Å²) in [6.45, 7) is 1.88. The molecule has 0 unspecified atom stereocenters. The van der Waals surface area contributed by atoms with Crippen LogP contribution < -0.4 is 10.1 Å². The van der Waals surface area contributed by atoms with Crippen LogP contribution in [-0.4, -0.2) is 33.7 Å². The Kier molecular flexibility index (Phi) is 5.07. The Labute approximate surface area is 126 Å². The van der Waals surface area contributed by atoms with Gasteiger partial charge in [0.05, 0.1) is 6.42 Å². The summed E-state index contributed by atoms with van der Waals surface area (Å²) in [5.41, 5.74) is 0.382. The second-order valence-corrected chi connectivity index (χ2v) is 4.45. The van der Waals surface area contributed by atoms with E-state index < -0.39 is 5.97 Å². The quantitative estimate of drug-likeness (QED) is 0.788. The largest absolute Gasteiger partial charge is 0.485 e. The fraction of sp³-hybridized carbons (Fsp3) is 0.286. The number of aromatic nitrogens is 2. The maximum absolute atomic E-state index is 11.9. The first-order valence-corrected chi connectivity index (χ1v) is 6.56. The molecule has 22 heavy (non-hydrogen) atoms. The number of carboxylic acids is 1. The molecule has 0 spiro atoms. The highest BCUT2D eigenvalue weighted by Crippen LogP contribution is 2.14. The zero-order valence-corrected chi connectivity index (χ0v) is 11.9. The number of hydrogen-bond acceptors (Lipinski definition) is 6. The van der Waals surface area contributed by atoms with Crippen LogP contribution in [0.2, 0.25) is 0 Å². The molecule has 1 heterocycles. The molecule has 2 rings (SSSR count). The molecule has 1 aromatic carbocycles. The Bertz CT molecular complexity index is 668. The highest BCUT2D eigenvalue weighted by molar-refractivity contribution is 5.94. The average Bonchev–Trinajstić information content (AvgIpc) is 2.90. The van der Waals surface area contributed by atoms with Crippen LogP contribution in [0.1, 0.15) is 28.5 Å². The predicted octanol–water partition coefficient (Wildman–Crippen LogP) is 1.16. The number of nitrogens with one attached hydrogen (secondary N) is 1. The second kappa shape index (κ2) is 7.21. The number of benzene rings is 1. The number of ether oxygens (including phenoxy) is 1. The van der Waals surface area contributed by atoms with Gasteiger partial charge in [-0.05, 0) is 18.2 Å². The van der Waals surface area contributed by atoms with Gasteiger partial charge < -0.3 is 19.7 Å². The van der Waals surface area contributed by atoms with Gasteiger partial charge in [-0.3, -0.25) is 9.59 Å². The van der Waals surface area contributed by atoms with E-state index in [-0.39, 0.29) is 25.5 Å². The van der Waals surface area contributed by atoms with Crippen molar-refractivity contribution in [3.63, 3.8) is 0 Å². The third kappa shape index (κ3) is 4.58. The van der Waals surface area contributed by atoms with Crippen LogP contribution in [0, 0.1) is 6.92 Å². The minimum absolute atomic E-state index is 0.0708. The summed E-state index contributed by atoms with van der Waals surface area (Å²) in [7, 11) is 0. The van der Waals surface area contributed by atoms with E-state index in [0.717, 1.165) is 0 Å². The summed E-state index contributed by atoms with van der Waals surface area (Å²) in [6, 6.07) is 6.54. The normalized spacial score (nSPS) is 10.2. The van der Waals surface area contributed by atoms with Crippen LogP contribution in [0.3, 0.4) is 0 Å². The summed E-state index contributed by atoms with van der Waals surface area (Å²) in [4.78, 5) is 26.3. The molecule has 0 radical (unpaired) electrons. The summed E-state index contributed by atoms with van der Waals surface area (Å²) in [6.07, 6.45) is -0.126. The molecular formula is C14H15N3O5. The number of carbonyl (C=O) groups excluding carboxylic acids is 1. The lowest BCUT2D eigenvalue weighted by molar-refractivity contribution is -0.136. The Hall–Kier alpha value is -2.90. The zero-order chi connectivity index (χ0) is 15.9. The van der Waals surface area contributed by atoms with Crippen molar-refractivity contribution in [1.82, 2.24) is 15.5 Å². The summed E-state index contributed by atoms with van der Waals surface area (Å²) < 4.78 is 10.3. The molecule has 2 aromatic rings. The number of nitrogens with zero attached hydrogens (tertiary/aromatic N) is 2. The fourth-order valence-electron chi connectivity index (χ4n) is 1.66. The first-order chi connectivity index (χ1) is 10.5. The van der Waals surface area contributed by atoms with Gasteiger partial charge in [0.1, 0.15) is 5.75 Å². The van der Waals surface area contributed by atoms with E-state index in [4.69, 9.17) is 14.4 Å². The molecule has 0 bridgehead atoms. The lowest BCUT2D eigenvalue weighted by Gasteiger charge is -2.07. The van der Waals surface area contributed by atoms with Crippen molar-refractivity contribution in [2.45, 2.75) is 20.0 Å². The van der Waals surface area contributed by atoms with Gasteiger partial charge in [0.15, 0.2) is 6.61 Å². The first-order valence-electron chi connectivity index (χ1n) is 6.56. The zero-order valence-electron chi connectivity index (χ0n) is 11.9. The molecule has 0 atom stereocenters. The number of amides is 1. The Morgan fingerprint density at radius 3 is 2.91 bits per heavy atom. The van der Waals surface area contributed by atoms with E-state index >= 15 is 0 Å². The van der Waals surface area contributed by atoms with E-state index in [1.54, 1.807) is 31.2 Å². The van der Waals surface area contributed by atoms with Crippen molar-refractivity contribution in [1.29, 1.82) is 0 Å². The Morgan fingerprint density at radius 1 is 1.41 bits per heavy atom. The van der Waals surface area contributed by atoms with Crippen LogP contribution in [0.4, 0.5) is 0 Å². The molecule has 0 saturated heterocycles. The van der Waals surface area contributed by atoms with Gasteiger partial charge >= 0.3 is 5.97 Å². The second-order valence-electron chi connectivity index (χ2n) is 4.45. The summed E-state index contributed by atoms with van der Waals surface area (Å²) >= 11 is 0. The Balaban J connectivity index is 1.91. The number of aliphatic carboxylic acids is 1. The fourth-order valence-corrected chi connectivity index (χ4v) is 1.66. The van der Waals surface area contributed by atoms with Gasteiger partial charge in [-0.1, -0.05) is 11.2 Å². The van der Waals surface area contributed by atoms with Crippen LogP contribution in [0.5, 0.6) is 5.75 Å². The van der Waals surface area contributed by atoms with E-state index in [9.17, 15) is 9.59 Å². The molecular weight excluding hydrogens is 290 g/mol. The molecule has 1 amide bonds. The number of carbonyl (C=O) groups is 2. The Morgan fingerprint density at radius 2 is 2.23 bits per heavy atom. The highest BCUT2D eigenvalue weighted by atomic mass is 16.5. The van der Waals surface area contributed by atoms with Crippen molar-refractivity contribution < 1.29 is 24.0 Å². The average molecular weight is 305 g/mol. The van der Waals surface area contributed by atoms with Gasteiger partial charge in [-0.2, -0.15) is 4.98 Å². The smallest absolute Gasteiger partial charge is 0.305 e. The van der Waals surface area contributed by atoms with Crippen LogP contribution >= 0.6 is 0 Å². The van der Waals surface area contributed by atoms with Crippen molar-refractivity contribution in [3.05, 3.63) is 41.5 Å². The number of hydrogen-bond donors (Lipinski definition) is 2. The maximum atomic E-state index is 11.9. The van der Waals surface area contributed by atoms with E-state index in [0.29, 0.717) is 23.0 Å². The third-order valence-corrected chi connectivity index (χ3v) is 2.66. The number of rotatable bonds is 7. The highest BCUT2D eigenvalue weighted by Gasteiger charge is 2.08. The van der Waals surface area contributed by atoms with Crippen LogP contribution in [0.25, 0.3) is 0 Å². The van der Waals surface area contributed by atoms with Crippen molar-refractivity contribution >= 4 is 11.9 Å². The SMILES string of the molecule is Cc1nc(COc2cccc(C(=O)NCCC(=O)O)c2)no1. The molecule has 8 heteroatoms.